The Morgan fingerprint density at radius 3 is 3.19 bits per heavy atom. The number of rotatable bonds is 3. The Labute approximate surface area is 96.2 Å². The molecule has 0 saturated carbocycles. The molecule has 4 nitrogen and oxygen atoms in total. The highest BCUT2D eigenvalue weighted by Gasteiger charge is 2.26. The largest absolute Gasteiger partial charge is 0.397 e. The van der Waals surface area contributed by atoms with Crippen molar-refractivity contribution in [3.8, 4) is 0 Å². The maximum absolute atomic E-state index is 5.85. The van der Waals surface area contributed by atoms with Crippen LogP contribution in [0.4, 0.5) is 5.69 Å². The van der Waals surface area contributed by atoms with Crippen LogP contribution >= 0.6 is 0 Å². The fourth-order valence-corrected chi connectivity index (χ4v) is 1.97. The van der Waals surface area contributed by atoms with E-state index in [1.54, 1.807) is 6.20 Å². The number of nitrogens with zero attached hydrogens (tertiary/aromatic N) is 1. The van der Waals surface area contributed by atoms with Gasteiger partial charge < -0.3 is 15.8 Å². The Kier molecular flexibility index (Phi) is 3.41. The van der Waals surface area contributed by atoms with Crippen LogP contribution in [0.1, 0.15) is 25.5 Å². The number of nitrogens with two attached hydrogens (primary N) is 1. The van der Waals surface area contributed by atoms with E-state index in [2.05, 4.69) is 17.2 Å². The molecule has 0 aliphatic carbocycles. The topological polar surface area (TPSA) is 60.2 Å². The van der Waals surface area contributed by atoms with E-state index in [1.165, 1.54) is 0 Å². The van der Waals surface area contributed by atoms with E-state index in [9.17, 15) is 0 Å². The van der Waals surface area contributed by atoms with Crippen molar-refractivity contribution in [3.63, 3.8) is 0 Å². The Morgan fingerprint density at radius 2 is 2.50 bits per heavy atom. The van der Waals surface area contributed by atoms with Crippen LogP contribution in [-0.4, -0.2) is 23.7 Å². The lowest BCUT2D eigenvalue weighted by atomic mass is 9.95. The van der Waals surface area contributed by atoms with E-state index in [1.807, 2.05) is 12.1 Å². The number of pyridine rings is 1. The number of nitrogen functional groups attached to an aromatic ring is 1. The first-order valence-corrected chi connectivity index (χ1v) is 5.72. The van der Waals surface area contributed by atoms with Gasteiger partial charge in [0.05, 0.1) is 18.0 Å². The van der Waals surface area contributed by atoms with Crippen LogP contribution in [-0.2, 0) is 11.3 Å². The molecule has 1 aromatic rings. The molecule has 1 fully saturated rings. The summed E-state index contributed by atoms with van der Waals surface area (Å²) < 4.78 is 5.49. The quantitative estimate of drug-likeness (QED) is 0.808. The Morgan fingerprint density at radius 1 is 1.62 bits per heavy atom. The number of ether oxygens (including phenoxy) is 1. The zero-order valence-electron chi connectivity index (χ0n) is 9.70. The van der Waals surface area contributed by atoms with Gasteiger partial charge in [-0.1, -0.05) is 0 Å². The normalized spacial score (nSPS) is 25.6. The average Bonchev–Trinajstić information content (AvgIpc) is 2.29. The van der Waals surface area contributed by atoms with Crippen LogP contribution in [0.25, 0.3) is 0 Å². The van der Waals surface area contributed by atoms with E-state index < -0.39 is 0 Å². The molecule has 1 unspecified atom stereocenters. The number of aromatic nitrogens is 1. The van der Waals surface area contributed by atoms with Crippen LogP contribution in [0, 0.1) is 0 Å². The minimum Gasteiger partial charge on any atom is -0.397 e. The molecule has 0 aromatic carbocycles. The molecule has 4 heteroatoms. The van der Waals surface area contributed by atoms with E-state index in [-0.39, 0.29) is 5.54 Å². The van der Waals surface area contributed by atoms with E-state index in [0.717, 1.165) is 37.4 Å². The van der Waals surface area contributed by atoms with Crippen LogP contribution in [0.5, 0.6) is 0 Å². The molecule has 1 aliphatic rings. The summed E-state index contributed by atoms with van der Waals surface area (Å²) in [5.41, 5.74) is 7.56. The van der Waals surface area contributed by atoms with Crippen molar-refractivity contribution in [2.45, 2.75) is 31.8 Å². The highest BCUT2D eigenvalue weighted by atomic mass is 16.5. The summed E-state index contributed by atoms with van der Waals surface area (Å²) in [5.74, 6) is 0. The smallest absolute Gasteiger partial charge is 0.0770 e. The molecule has 0 spiro atoms. The minimum atomic E-state index is 0.0577. The maximum Gasteiger partial charge on any atom is 0.0770 e. The lowest BCUT2D eigenvalue weighted by molar-refractivity contribution is 0.0276. The Hall–Kier alpha value is -1.13. The lowest BCUT2D eigenvalue weighted by Gasteiger charge is -2.34. The van der Waals surface area contributed by atoms with Gasteiger partial charge in [0, 0.05) is 24.9 Å². The first-order chi connectivity index (χ1) is 7.70. The molecule has 1 atom stereocenters. The molecule has 1 aliphatic heterocycles. The zero-order valence-corrected chi connectivity index (χ0v) is 9.70. The molecule has 0 radical (unpaired) electrons. The summed E-state index contributed by atoms with van der Waals surface area (Å²) in [6, 6.07) is 3.73. The Balaban J connectivity index is 1.94. The molecule has 1 saturated heterocycles. The van der Waals surface area contributed by atoms with Gasteiger partial charge in [-0.15, -0.1) is 0 Å². The third-order valence-electron chi connectivity index (χ3n) is 3.05. The molecule has 0 amide bonds. The van der Waals surface area contributed by atoms with Gasteiger partial charge in [-0.25, -0.2) is 0 Å². The summed E-state index contributed by atoms with van der Waals surface area (Å²) in [4.78, 5) is 4.27. The van der Waals surface area contributed by atoms with E-state index in [0.29, 0.717) is 6.54 Å². The van der Waals surface area contributed by atoms with Gasteiger partial charge in [0.25, 0.3) is 0 Å². The van der Waals surface area contributed by atoms with Gasteiger partial charge >= 0.3 is 0 Å². The molecular formula is C12H19N3O. The van der Waals surface area contributed by atoms with Crippen LogP contribution < -0.4 is 11.1 Å². The SMILES string of the molecule is CC1(NCc2ncccc2N)CCCOC1. The first-order valence-electron chi connectivity index (χ1n) is 5.72. The second kappa shape index (κ2) is 4.80. The van der Waals surface area contributed by atoms with Crippen LogP contribution in [0.3, 0.4) is 0 Å². The second-order valence-corrected chi connectivity index (χ2v) is 4.61. The highest BCUT2D eigenvalue weighted by molar-refractivity contribution is 5.41. The van der Waals surface area contributed by atoms with Gasteiger partial charge in [0.2, 0.25) is 0 Å². The predicted octanol–water partition coefficient (Wildman–Crippen LogP) is 1.32. The molecule has 3 N–H and O–H groups in total. The van der Waals surface area contributed by atoms with Crippen molar-refractivity contribution in [1.82, 2.24) is 10.3 Å². The van der Waals surface area contributed by atoms with Crippen LogP contribution in [0.2, 0.25) is 0 Å². The van der Waals surface area contributed by atoms with Crippen molar-refractivity contribution in [2.75, 3.05) is 18.9 Å². The fraction of sp³-hybridized carbons (Fsp3) is 0.583. The molecule has 2 rings (SSSR count). The van der Waals surface area contributed by atoms with Gasteiger partial charge in [-0.2, -0.15) is 0 Å². The standard InChI is InChI=1S/C12H19N3O/c1-12(5-3-7-16-9-12)15-8-11-10(13)4-2-6-14-11/h2,4,6,15H,3,5,7-9,13H2,1H3. The van der Waals surface area contributed by atoms with Gasteiger partial charge in [0.15, 0.2) is 0 Å². The van der Waals surface area contributed by atoms with Gasteiger partial charge in [-0.05, 0) is 31.9 Å². The van der Waals surface area contributed by atoms with Gasteiger partial charge in [-0.3, -0.25) is 4.98 Å². The predicted molar refractivity (Wildman–Crippen MR) is 63.9 cm³/mol. The summed E-state index contributed by atoms with van der Waals surface area (Å²) >= 11 is 0. The van der Waals surface area contributed by atoms with Crippen molar-refractivity contribution in [1.29, 1.82) is 0 Å². The first kappa shape index (κ1) is 11.4. The van der Waals surface area contributed by atoms with Crippen molar-refractivity contribution in [3.05, 3.63) is 24.0 Å². The number of hydrogen-bond donors (Lipinski definition) is 2. The monoisotopic (exact) mass is 221 g/mol. The molecular weight excluding hydrogens is 202 g/mol. The maximum atomic E-state index is 5.85. The van der Waals surface area contributed by atoms with Crippen molar-refractivity contribution >= 4 is 5.69 Å². The fourth-order valence-electron chi connectivity index (χ4n) is 1.97. The van der Waals surface area contributed by atoms with Gasteiger partial charge in [0.1, 0.15) is 0 Å². The zero-order chi connectivity index (χ0) is 11.4. The minimum absolute atomic E-state index is 0.0577. The number of hydrogen-bond acceptors (Lipinski definition) is 4. The Bertz CT molecular complexity index is 348. The summed E-state index contributed by atoms with van der Waals surface area (Å²) in [5, 5.41) is 3.49. The van der Waals surface area contributed by atoms with Crippen molar-refractivity contribution < 1.29 is 4.74 Å². The van der Waals surface area contributed by atoms with E-state index >= 15 is 0 Å². The van der Waals surface area contributed by atoms with E-state index in [4.69, 9.17) is 10.5 Å². The third-order valence-corrected chi connectivity index (χ3v) is 3.05. The summed E-state index contributed by atoms with van der Waals surface area (Å²) in [6.45, 7) is 4.53. The number of nitrogens with one attached hydrogen (secondary N) is 1. The molecule has 1 aromatic heterocycles. The summed E-state index contributed by atoms with van der Waals surface area (Å²) in [6.07, 6.45) is 4.02. The lowest BCUT2D eigenvalue weighted by Crippen LogP contribution is -2.48. The summed E-state index contributed by atoms with van der Waals surface area (Å²) in [7, 11) is 0. The highest BCUT2D eigenvalue weighted by Crippen LogP contribution is 2.19. The molecule has 16 heavy (non-hydrogen) atoms. The number of anilines is 1. The second-order valence-electron chi connectivity index (χ2n) is 4.61. The molecule has 88 valence electrons. The van der Waals surface area contributed by atoms with Crippen LogP contribution in [0.15, 0.2) is 18.3 Å². The average molecular weight is 221 g/mol. The molecule has 0 bridgehead atoms. The van der Waals surface area contributed by atoms with Crippen molar-refractivity contribution in [2.24, 2.45) is 0 Å². The third kappa shape index (κ3) is 2.71. The molecule has 2 heterocycles.